The van der Waals surface area contributed by atoms with Gasteiger partial charge in [-0.15, -0.1) is 0 Å². The number of piperazine rings is 1. The molecule has 4 heterocycles. The number of amides is 3. The number of carbonyl (C=O) groups excluding carboxylic acids is 3. The molecule has 4 aliphatic rings. The largest absolute Gasteiger partial charge is 0.442 e. The second-order valence-electron chi connectivity index (χ2n) is 12.2. The lowest BCUT2D eigenvalue weighted by Gasteiger charge is -2.39. The first-order valence-electron chi connectivity index (χ1n) is 15.6. The molecule has 43 heavy (non-hydrogen) atoms. The summed E-state index contributed by atoms with van der Waals surface area (Å²) < 4.78 is 23.5. The van der Waals surface area contributed by atoms with Gasteiger partial charge in [0.05, 0.1) is 42.7 Å². The van der Waals surface area contributed by atoms with Crippen molar-refractivity contribution in [1.29, 1.82) is 0 Å². The Kier molecular flexibility index (Phi) is 13.2. The average Bonchev–Trinajstić information content (AvgIpc) is 3.58. The van der Waals surface area contributed by atoms with Crippen molar-refractivity contribution in [2.45, 2.75) is 109 Å². The summed E-state index contributed by atoms with van der Waals surface area (Å²) in [5.41, 5.74) is 5.71. The molecule has 4 rings (SSSR count). The van der Waals surface area contributed by atoms with Crippen LogP contribution in [0.15, 0.2) is 36.0 Å². The van der Waals surface area contributed by atoms with E-state index in [0.717, 1.165) is 45.4 Å². The van der Waals surface area contributed by atoms with E-state index in [-0.39, 0.29) is 47.9 Å². The molecule has 0 aromatic rings. The van der Waals surface area contributed by atoms with Crippen LogP contribution in [0.25, 0.3) is 0 Å². The van der Waals surface area contributed by atoms with Crippen LogP contribution in [-0.2, 0) is 28.5 Å². The maximum absolute atomic E-state index is 12.6. The van der Waals surface area contributed by atoms with Crippen molar-refractivity contribution in [3.05, 3.63) is 36.0 Å². The summed E-state index contributed by atoms with van der Waals surface area (Å²) >= 11 is 0. The summed E-state index contributed by atoms with van der Waals surface area (Å²) in [6.07, 6.45) is 12.8. The summed E-state index contributed by atoms with van der Waals surface area (Å²) in [4.78, 5) is 35.7. The molecular weight excluding hydrogens is 552 g/mol. The quantitative estimate of drug-likeness (QED) is 0.218. The number of allylic oxidation sites excluding steroid dienone is 2. The number of nitrogens with zero attached hydrogens (tertiary/aromatic N) is 1. The molecule has 0 saturated carbocycles. The van der Waals surface area contributed by atoms with Crippen molar-refractivity contribution < 1.29 is 33.3 Å². The molecule has 1 spiro atoms. The van der Waals surface area contributed by atoms with Crippen LogP contribution < -0.4 is 16.4 Å². The van der Waals surface area contributed by atoms with Crippen LogP contribution in [0.3, 0.4) is 0 Å². The Morgan fingerprint density at radius 3 is 2.49 bits per heavy atom. The predicted octanol–water partition coefficient (Wildman–Crippen LogP) is 2.99. The van der Waals surface area contributed by atoms with E-state index in [1.807, 2.05) is 6.92 Å². The number of primary amides is 1. The fraction of sp³-hybridized carbons (Fsp3) is 0.719. The molecule has 8 unspecified atom stereocenters. The van der Waals surface area contributed by atoms with Gasteiger partial charge in [-0.2, -0.15) is 0 Å². The van der Waals surface area contributed by atoms with Gasteiger partial charge < -0.3 is 40.2 Å². The Balaban J connectivity index is 0.00000119. The van der Waals surface area contributed by atoms with E-state index >= 15 is 0 Å². The van der Waals surface area contributed by atoms with Crippen molar-refractivity contribution in [3.63, 3.8) is 0 Å². The summed E-state index contributed by atoms with van der Waals surface area (Å²) in [7, 11) is 0. The second kappa shape index (κ2) is 16.4. The summed E-state index contributed by atoms with van der Waals surface area (Å²) in [5.74, 6) is -0.234. The molecule has 242 valence electrons. The van der Waals surface area contributed by atoms with Gasteiger partial charge in [-0.25, -0.2) is 4.79 Å². The van der Waals surface area contributed by atoms with Gasteiger partial charge in [-0.3, -0.25) is 9.59 Å². The minimum Gasteiger partial charge on any atom is -0.442 e. The first-order chi connectivity index (χ1) is 20.4. The lowest BCUT2D eigenvalue weighted by molar-refractivity contribution is -0.123. The third-order valence-electron chi connectivity index (χ3n) is 8.47. The molecular formula is C32H52N4O7. The Hall–Kier alpha value is -2.73. The van der Waals surface area contributed by atoms with Gasteiger partial charge in [0.2, 0.25) is 11.8 Å². The van der Waals surface area contributed by atoms with E-state index in [0.29, 0.717) is 25.1 Å². The van der Waals surface area contributed by atoms with Crippen molar-refractivity contribution in [3.8, 4) is 0 Å². The Labute approximate surface area is 256 Å². The zero-order valence-corrected chi connectivity index (χ0v) is 26.7. The molecule has 8 atom stereocenters. The molecule has 4 saturated heterocycles. The summed E-state index contributed by atoms with van der Waals surface area (Å²) in [5, 5.41) is 6.27. The van der Waals surface area contributed by atoms with Crippen LogP contribution in [0, 0.1) is 5.92 Å². The van der Waals surface area contributed by atoms with Gasteiger partial charge in [-0.05, 0) is 52.5 Å². The molecule has 0 aliphatic carbocycles. The van der Waals surface area contributed by atoms with Crippen molar-refractivity contribution >= 4 is 17.9 Å². The number of carbonyl (C=O) groups is 3. The molecule has 4 aliphatic heterocycles. The highest BCUT2D eigenvalue weighted by Gasteiger charge is 2.55. The lowest BCUT2D eigenvalue weighted by Crippen LogP contribution is -2.50. The van der Waals surface area contributed by atoms with Gasteiger partial charge >= 0.3 is 6.09 Å². The van der Waals surface area contributed by atoms with Gasteiger partial charge in [0.15, 0.2) is 0 Å². The van der Waals surface area contributed by atoms with E-state index < -0.39 is 6.10 Å². The zero-order valence-electron chi connectivity index (χ0n) is 26.7. The number of epoxide rings is 1. The van der Waals surface area contributed by atoms with Crippen LogP contribution in [0.1, 0.15) is 67.2 Å². The van der Waals surface area contributed by atoms with Gasteiger partial charge in [-0.1, -0.05) is 30.7 Å². The predicted molar refractivity (Wildman–Crippen MR) is 164 cm³/mol. The number of nitrogens with two attached hydrogens (primary N) is 1. The number of nitrogens with one attached hydrogen (secondary N) is 2. The van der Waals surface area contributed by atoms with Crippen molar-refractivity contribution in [2.24, 2.45) is 11.7 Å². The lowest BCUT2D eigenvalue weighted by atomic mass is 9.88. The van der Waals surface area contributed by atoms with Gasteiger partial charge in [0.25, 0.3) is 0 Å². The third kappa shape index (κ3) is 11.4. The summed E-state index contributed by atoms with van der Waals surface area (Å²) in [6.45, 7) is 15.1. The van der Waals surface area contributed by atoms with Crippen LogP contribution >= 0.6 is 0 Å². The zero-order chi connectivity index (χ0) is 31.6. The molecule has 4 fully saturated rings. The van der Waals surface area contributed by atoms with E-state index in [1.165, 1.54) is 18.6 Å². The fourth-order valence-electron chi connectivity index (χ4n) is 5.72. The van der Waals surface area contributed by atoms with E-state index in [9.17, 15) is 14.4 Å². The molecule has 0 radical (unpaired) electrons. The van der Waals surface area contributed by atoms with E-state index in [4.69, 9.17) is 18.9 Å². The highest BCUT2D eigenvalue weighted by Crippen LogP contribution is 2.46. The second-order valence-corrected chi connectivity index (χ2v) is 12.2. The van der Waals surface area contributed by atoms with Crippen LogP contribution in [0.4, 0.5) is 4.79 Å². The number of ether oxygens (including phenoxy) is 4. The van der Waals surface area contributed by atoms with E-state index in [2.05, 4.69) is 55.4 Å². The molecule has 0 aromatic carbocycles. The first-order valence-corrected chi connectivity index (χ1v) is 15.6. The monoisotopic (exact) mass is 604 g/mol. The molecule has 0 aromatic heterocycles. The molecule has 11 heteroatoms. The minimum absolute atomic E-state index is 0.0458. The fourth-order valence-corrected chi connectivity index (χ4v) is 5.72. The third-order valence-corrected chi connectivity index (χ3v) is 8.47. The maximum Gasteiger partial charge on any atom is 0.410 e. The molecule has 11 nitrogen and oxygen atoms in total. The van der Waals surface area contributed by atoms with Crippen molar-refractivity contribution in [2.75, 3.05) is 32.8 Å². The standard InChI is InChI=1S/C30H47N3O6.C2H5NO/c1-20(6-9-25-19-30(12-17-36-25)24(5)39-30)7-10-27-21(2)18-26(23(4)38-27)32-28(34)11-8-22(3)37-29(35)33-15-13-31-14-16-33;1-2(3)4/h6-9,11,21-27,31H,10,12-19H2,1-5H3,(H,32,34);1H3,(H2,3,4)/b9-6+,11-8-,20-7+;. The summed E-state index contributed by atoms with van der Waals surface area (Å²) in [6, 6.07) is -0.0696. The Morgan fingerprint density at radius 2 is 1.84 bits per heavy atom. The smallest absolute Gasteiger partial charge is 0.410 e. The average molecular weight is 605 g/mol. The Morgan fingerprint density at radius 1 is 1.16 bits per heavy atom. The van der Waals surface area contributed by atoms with Crippen LogP contribution in [0.2, 0.25) is 0 Å². The van der Waals surface area contributed by atoms with Gasteiger partial charge in [0.1, 0.15) is 6.10 Å². The maximum atomic E-state index is 12.6. The number of rotatable bonds is 8. The molecule has 4 N–H and O–H groups in total. The van der Waals surface area contributed by atoms with Crippen molar-refractivity contribution in [1.82, 2.24) is 15.5 Å². The molecule has 0 bridgehead atoms. The van der Waals surface area contributed by atoms with Crippen LogP contribution in [-0.4, -0.2) is 97.8 Å². The number of hydrogen-bond acceptors (Lipinski definition) is 8. The number of hydrogen-bond donors (Lipinski definition) is 3. The molecule has 3 amide bonds. The normalized spacial score (nSPS) is 33.5. The highest BCUT2D eigenvalue weighted by molar-refractivity contribution is 5.87. The SMILES string of the molecule is CC(/C=C/C1CC2(CCO1)OC2C)=C\CC1OC(C)C(NC(=O)/C=C\C(C)OC(=O)N2CCNCC2)CC1C.CC(N)=O. The topological polar surface area (TPSA) is 145 Å². The van der Waals surface area contributed by atoms with E-state index in [1.54, 1.807) is 17.9 Å². The first kappa shape index (κ1) is 34.8. The highest BCUT2D eigenvalue weighted by atomic mass is 16.6. The van der Waals surface area contributed by atoms with Gasteiger partial charge in [0, 0.05) is 52.0 Å². The Bertz CT molecular complexity index is 1040. The van der Waals surface area contributed by atoms with Crippen LogP contribution in [0.5, 0.6) is 0 Å². The minimum atomic E-state index is -0.484.